The molecule has 0 saturated carbocycles. The van der Waals surface area contributed by atoms with E-state index in [0.29, 0.717) is 17.3 Å². The van der Waals surface area contributed by atoms with Gasteiger partial charge in [-0.1, -0.05) is 37.6 Å². The van der Waals surface area contributed by atoms with Crippen LogP contribution in [0, 0.1) is 0 Å². The van der Waals surface area contributed by atoms with Crippen molar-refractivity contribution >= 4 is 17.5 Å². The molecule has 0 aliphatic rings. The highest BCUT2D eigenvalue weighted by Crippen LogP contribution is 2.24. The first-order valence-electron chi connectivity index (χ1n) is 6.17. The zero-order valence-corrected chi connectivity index (χ0v) is 11.8. The van der Waals surface area contributed by atoms with Gasteiger partial charge in [-0.05, 0) is 29.8 Å². The summed E-state index contributed by atoms with van der Waals surface area (Å²) in [6.45, 7) is 4.70. The molecule has 0 aliphatic carbocycles. The molecule has 0 unspecified atom stereocenters. The van der Waals surface area contributed by atoms with Gasteiger partial charge >= 0.3 is 0 Å². The van der Waals surface area contributed by atoms with Crippen molar-refractivity contribution in [2.45, 2.75) is 19.3 Å². The Morgan fingerprint density at radius 3 is 2.74 bits per heavy atom. The number of aromatic nitrogens is 1. The van der Waals surface area contributed by atoms with Crippen molar-refractivity contribution in [1.82, 2.24) is 10.3 Å². The minimum absolute atomic E-state index is 0.0971. The average molecular weight is 277 g/mol. The molecule has 1 aromatic heterocycles. The predicted molar refractivity (Wildman–Crippen MR) is 77.6 cm³/mol. The Hall–Kier alpha value is -1.74. The van der Waals surface area contributed by atoms with Gasteiger partial charge in [-0.3, -0.25) is 4.79 Å². The van der Waals surface area contributed by atoms with Crippen molar-refractivity contribution in [2.24, 2.45) is 0 Å². The Labute approximate surface area is 118 Å². The largest absolute Gasteiger partial charge is 0.357 e. The third-order valence-electron chi connectivity index (χ3n) is 3.14. The van der Waals surface area contributed by atoms with E-state index < -0.39 is 0 Å². The van der Waals surface area contributed by atoms with Crippen LogP contribution in [-0.4, -0.2) is 17.4 Å². The first kappa shape index (κ1) is 13.7. The molecule has 0 spiro atoms. The van der Waals surface area contributed by atoms with Crippen LogP contribution in [0.3, 0.4) is 0 Å². The fourth-order valence-corrected chi connectivity index (χ4v) is 2.07. The predicted octanol–water partition coefficient (Wildman–Crippen LogP) is 3.38. The molecular formula is C15H17ClN2O. The summed E-state index contributed by atoms with van der Waals surface area (Å²) in [4.78, 5) is 14.8. The van der Waals surface area contributed by atoms with Crippen LogP contribution < -0.4 is 5.32 Å². The molecule has 3 nitrogen and oxygen atoms in total. The highest BCUT2D eigenvalue weighted by molar-refractivity contribution is 6.30. The van der Waals surface area contributed by atoms with E-state index in [1.165, 1.54) is 0 Å². The number of amides is 1. The van der Waals surface area contributed by atoms with Crippen LogP contribution >= 0.6 is 11.6 Å². The number of hydrogen-bond donors (Lipinski definition) is 2. The molecule has 4 heteroatoms. The summed E-state index contributed by atoms with van der Waals surface area (Å²) in [5.41, 5.74) is 1.50. The second kappa shape index (κ2) is 5.49. The van der Waals surface area contributed by atoms with Gasteiger partial charge in [0.1, 0.15) is 5.69 Å². The van der Waals surface area contributed by atoms with Crippen LogP contribution in [0.25, 0.3) is 0 Å². The number of nitrogens with one attached hydrogen (secondary N) is 2. The van der Waals surface area contributed by atoms with Crippen molar-refractivity contribution in [1.29, 1.82) is 0 Å². The van der Waals surface area contributed by atoms with Crippen LogP contribution in [-0.2, 0) is 5.41 Å². The quantitative estimate of drug-likeness (QED) is 0.883. The summed E-state index contributed by atoms with van der Waals surface area (Å²) >= 11 is 6.00. The van der Waals surface area contributed by atoms with E-state index in [1.54, 1.807) is 18.3 Å². The Morgan fingerprint density at radius 2 is 2.11 bits per heavy atom. The van der Waals surface area contributed by atoms with Crippen molar-refractivity contribution in [3.05, 3.63) is 58.9 Å². The van der Waals surface area contributed by atoms with E-state index >= 15 is 0 Å². The van der Waals surface area contributed by atoms with E-state index in [2.05, 4.69) is 24.1 Å². The average Bonchev–Trinajstić information content (AvgIpc) is 2.90. The molecule has 0 saturated heterocycles. The molecule has 1 amide bonds. The summed E-state index contributed by atoms with van der Waals surface area (Å²) in [6.07, 6.45) is 1.73. The van der Waals surface area contributed by atoms with E-state index in [1.807, 2.05) is 24.3 Å². The maximum Gasteiger partial charge on any atom is 0.267 e. The summed E-state index contributed by atoms with van der Waals surface area (Å²) in [7, 11) is 0. The third kappa shape index (κ3) is 3.38. The monoisotopic (exact) mass is 276 g/mol. The maximum atomic E-state index is 11.9. The van der Waals surface area contributed by atoms with Crippen molar-refractivity contribution < 1.29 is 4.79 Å². The first-order chi connectivity index (χ1) is 8.99. The molecule has 2 N–H and O–H groups in total. The zero-order chi connectivity index (χ0) is 13.9. The van der Waals surface area contributed by atoms with Gasteiger partial charge in [0.05, 0.1) is 0 Å². The minimum Gasteiger partial charge on any atom is -0.357 e. The first-order valence-corrected chi connectivity index (χ1v) is 6.54. The summed E-state index contributed by atoms with van der Waals surface area (Å²) in [5, 5.41) is 3.64. The fraction of sp³-hybridized carbons (Fsp3) is 0.267. The lowest BCUT2D eigenvalue weighted by Crippen LogP contribution is -2.36. The number of H-pyrrole nitrogens is 1. The minimum atomic E-state index is -0.173. The van der Waals surface area contributed by atoms with Gasteiger partial charge in [0, 0.05) is 23.2 Å². The normalized spacial score (nSPS) is 11.3. The van der Waals surface area contributed by atoms with E-state index in [9.17, 15) is 4.79 Å². The SMILES string of the molecule is CC(C)(CNC(=O)c1ccc[nH]1)c1cccc(Cl)c1. The number of halogens is 1. The number of carbonyl (C=O) groups is 1. The Kier molecular flexibility index (Phi) is 3.96. The maximum absolute atomic E-state index is 11.9. The second-order valence-corrected chi connectivity index (χ2v) is 5.60. The van der Waals surface area contributed by atoms with E-state index in [4.69, 9.17) is 11.6 Å². The molecule has 0 atom stereocenters. The highest BCUT2D eigenvalue weighted by Gasteiger charge is 2.22. The fourth-order valence-electron chi connectivity index (χ4n) is 1.88. The van der Waals surface area contributed by atoms with Gasteiger partial charge in [-0.25, -0.2) is 0 Å². The standard InChI is InChI=1S/C15H17ClN2O/c1-15(2,11-5-3-6-12(16)9-11)10-18-14(19)13-7-4-8-17-13/h3-9,17H,10H2,1-2H3,(H,18,19). The summed E-state index contributed by atoms with van der Waals surface area (Å²) in [6, 6.07) is 11.3. The lowest BCUT2D eigenvalue weighted by Gasteiger charge is -2.25. The third-order valence-corrected chi connectivity index (χ3v) is 3.37. The number of rotatable bonds is 4. The van der Waals surface area contributed by atoms with Crippen molar-refractivity contribution in [3.63, 3.8) is 0 Å². The molecule has 2 aromatic rings. The molecule has 0 radical (unpaired) electrons. The molecule has 19 heavy (non-hydrogen) atoms. The lowest BCUT2D eigenvalue weighted by molar-refractivity contribution is 0.0941. The molecular weight excluding hydrogens is 260 g/mol. The van der Waals surface area contributed by atoms with Crippen LogP contribution in [0.2, 0.25) is 5.02 Å². The van der Waals surface area contributed by atoms with E-state index in [0.717, 1.165) is 5.56 Å². The van der Waals surface area contributed by atoms with Gasteiger partial charge in [-0.15, -0.1) is 0 Å². The molecule has 0 bridgehead atoms. The lowest BCUT2D eigenvalue weighted by atomic mass is 9.84. The Bertz CT molecular complexity index is 561. The number of benzene rings is 1. The van der Waals surface area contributed by atoms with Crippen LogP contribution in [0.4, 0.5) is 0 Å². The van der Waals surface area contributed by atoms with Gasteiger partial charge in [0.15, 0.2) is 0 Å². The summed E-state index contributed by atoms with van der Waals surface area (Å²) in [5.74, 6) is -0.0971. The topological polar surface area (TPSA) is 44.9 Å². The van der Waals surface area contributed by atoms with Gasteiger partial charge in [0.25, 0.3) is 5.91 Å². The molecule has 0 aliphatic heterocycles. The van der Waals surface area contributed by atoms with Crippen molar-refractivity contribution in [2.75, 3.05) is 6.54 Å². The molecule has 2 rings (SSSR count). The van der Waals surface area contributed by atoms with E-state index in [-0.39, 0.29) is 11.3 Å². The van der Waals surface area contributed by atoms with Crippen LogP contribution in [0.5, 0.6) is 0 Å². The van der Waals surface area contributed by atoms with Crippen LogP contribution in [0.1, 0.15) is 29.9 Å². The van der Waals surface area contributed by atoms with Crippen LogP contribution in [0.15, 0.2) is 42.6 Å². The Morgan fingerprint density at radius 1 is 1.32 bits per heavy atom. The van der Waals surface area contributed by atoms with Gasteiger partial charge in [-0.2, -0.15) is 0 Å². The molecule has 0 fully saturated rings. The zero-order valence-electron chi connectivity index (χ0n) is 11.0. The summed E-state index contributed by atoms with van der Waals surface area (Å²) < 4.78 is 0. The Balaban J connectivity index is 2.03. The smallest absolute Gasteiger partial charge is 0.267 e. The number of aromatic amines is 1. The van der Waals surface area contributed by atoms with Gasteiger partial charge < -0.3 is 10.3 Å². The van der Waals surface area contributed by atoms with Crippen molar-refractivity contribution in [3.8, 4) is 0 Å². The number of hydrogen-bond acceptors (Lipinski definition) is 1. The second-order valence-electron chi connectivity index (χ2n) is 5.16. The molecule has 100 valence electrons. The highest BCUT2D eigenvalue weighted by atomic mass is 35.5. The number of carbonyl (C=O) groups excluding carboxylic acids is 1. The molecule has 1 heterocycles. The van der Waals surface area contributed by atoms with Gasteiger partial charge in [0.2, 0.25) is 0 Å². The molecule has 1 aromatic carbocycles.